The van der Waals surface area contributed by atoms with Gasteiger partial charge in [0.2, 0.25) is 0 Å². The molecule has 4 nitrogen and oxygen atoms in total. The Balaban J connectivity index is 0.00000338. The number of hydrogen-bond acceptors (Lipinski definition) is 2. The van der Waals surface area contributed by atoms with Gasteiger partial charge in [0.05, 0.1) is 0 Å². The Morgan fingerprint density at radius 1 is 1.12 bits per heavy atom. The van der Waals surface area contributed by atoms with Crippen molar-refractivity contribution in [1.29, 1.82) is 0 Å². The molecule has 2 rings (SSSR count). The molecule has 0 aliphatic carbocycles. The summed E-state index contributed by atoms with van der Waals surface area (Å²) in [6.07, 6.45) is 6.79. The van der Waals surface area contributed by atoms with Gasteiger partial charge in [0.15, 0.2) is 5.96 Å². The van der Waals surface area contributed by atoms with Gasteiger partial charge in [0, 0.05) is 38.8 Å². The zero-order valence-electron chi connectivity index (χ0n) is 16.0. The number of guanidine groups is 1. The number of halogens is 2. The Bertz CT molecular complexity index is 530. The molecule has 1 aromatic carbocycles. The van der Waals surface area contributed by atoms with E-state index in [0.29, 0.717) is 0 Å². The molecule has 0 spiro atoms. The average Bonchev–Trinajstić information content (AvgIpc) is 2.65. The fourth-order valence-electron chi connectivity index (χ4n) is 3.37. The third-order valence-corrected chi connectivity index (χ3v) is 5.05. The maximum Gasteiger partial charge on any atom is 0.191 e. The number of unbranched alkanes of at least 4 members (excludes halogenated alkanes) is 3. The van der Waals surface area contributed by atoms with E-state index in [2.05, 4.69) is 22.5 Å². The van der Waals surface area contributed by atoms with Crippen molar-refractivity contribution in [3.63, 3.8) is 0 Å². The van der Waals surface area contributed by atoms with Crippen LogP contribution in [0.2, 0.25) is 0 Å². The summed E-state index contributed by atoms with van der Waals surface area (Å²) in [6, 6.07) is 6.91. The predicted molar refractivity (Wildman–Crippen MR) is 117 cm³/mol. The van der Waals surface area contributed by atoms with Crippen molar-refractivity contribution in [1.82, 2.24) is 10.6 Å². The van der Waals surface area contributed by atoms with Crippen LogP contribution >= 0.6 is 24.0 Å². The fraction of sp³-hybridized carbons (Fsp3) is 0.650. The number of ether oxygens (including phenoxy) is 1. The highest BCUT2D eigenvalue weighted by atomic mass is 127. The van der Waals surface area contributed by atoms with Crippen LogP contribution in [0.4, 0.5) is 4.39 Å². The molecule has 0 bridgehead atoms. The topological polar surface area (TPSA) is 45.7 Å². The van der Waals surface area contributed by atoms with Gasteiger partial charge in [0.25, 0.3) is 0 Å². The normalized spacial score (nSPS) is 16.7. The minimum Gasteiger partial charge on any atom is -0.381 e. The smallest absolute Gasteiger partial charge is 0.191 e. The molecule has 0 atom stereocenters. The lowest BCUT2D eigenvalue weighted by Crippen LogP contribution is -2.48. The molecule has 2 N–H and O–H groups in total. The van der Waals surface area contributed by atoms with E-state index in [4.69, 9.17) is 4.74 Å². The van der Waals surface area contributed by atoms with Crippen LogP contribution in [0, 0.1) is 5.82 Å². The summed E-state index contributed by atoms with van der Waals surface area (Å²) < 4.78 is 18.9. The van der Waals surface area contributed by atoms with Crippen LogP contribution in [0.15, 0.2) is 29.3 Å². The second-order valence-corrected chi connectivity index (χ2v) is 6.81. The average molecular weight is 477 g/mol. The van der Waals surface area contributed by atoms with Gasteiger partial charge in [-0.25, -0.2) is 4.39 Å². The Kier molecular flexibility index (Phi) is 11.1. The maximum absolute atomic E-state index is 13.3. The molecule has 0 unspecified atom stereocenters. The van der Waals surface area contributed by atoms with E-state index < -0.39 is 0 Å². The number of rotatable bonds is 8. The van der Waals surface area contributed by atoms with Gasteiger partial charge >= 0.3 is 0 Å². The zero-order valence-corrected chi connectivity index (χ0v) is 18.4. The van der Waals surface area contributed by atoms with Crippen LogP contribution in [0.3, 0.4) is 0 Å². The number of nitrogens with one attached hydrogen (secondary N) is 2. The maximum atomic E-state index is 13.3. The second-order valence-electron chi connectivity index (χ2n) is 6.81. The molecular weight excluding hydrogens is 444 g/mol. The molecular formula is C20H33FIN3O. The molecule has 1 heterocycles. The lowest BCUT2D eigenvalue weighted by atomic mass is 9.74. The van der Waals surface area contributed by atoms with Crippen molar-refractivity contribution >= 4 is 29.9 Å². The molecule has 1 aromatic rings. The van der Waals surface area contributed by atoms with E-state index in [1.54, 1.807) is 19.2 Å². The van der Waals surface area contributed by atoms with Gasteiger partial charge in [0.1, 0.15) is 5.82 Å². The Hall–Kier alpha value is -0.890. The first-order chi connectivity index (χ1) is 12.2. The molecule has 0 amide bonds. The lowest BCUT2D eigenvalue weighted by molar-refractivity contribution is 0.0513. The highest BCUT2D eigenvalue weighted by Crippen LogP contribution is 2.34. The van der Waals surface area contributed by atoms with Crippen molar-refractivity contribution in [3.8, 4) is 0 Å². The van der Waals surface area contributed by atoms with E-state index in [1.807, 2.05) is 12.1 Å². The van der Waals surface area contributed by atoms with Crippen LogP contribution in [0.25, 0.3) is 0 Å². The molecule has 0 saturated carbocycles. The van der Waals surface area contributed by atoms with Crippen LogP contribution in [-0.4, -0.2) is 39.3 Å². The summed E-state index contributed by atoms with van der Waals surface area (Å²) in [5.74, 6) is 0.646. The number of nitrogens with zero attached hydrogens (tertiary/aromatic N) is 1. The van der Waals surface area contributed by atoms with E-state index in [-0.39, 0.29) is 35.2 Å². The number of hydrogen-bond donors (Lipinski definition) is 2. The molecule has 1 aliphatic rings. The summed E-state index contributed by atoms with van der Waals surface area (Å²) in [6.45, 7) is 5.41. The van der Waals surface area contributed by atoms with E-state index in [9.17, 15) is 4.39 Å². The standard InChI is InChI=1S/C20H32FN3O.HI/c1-3-4-5-6-13-23-19(22-2)24-16-20(11-14-25-15-12-20)17-7-9-18(21)10-8-17;/h7-10H,3-6,11-16H2,1-2H3,(H2,22,23,24);1H. The molecule has 0 aromatic heterocycles. The van der Waals surface area contributed by atoms with Gasteiger partial charge in [-0.15, -0.1) is 24.0 Å². The largest absolute Gasteiger partial charge is 0.381 e. The van der Waals surface area contributed by atoms with Crippen molar-refractivity contribution in [2.24, 2.45) is 4.99 Å². The highest BCUT2D eigenvalue weighted by molar-refractivity contribution is 14.0. The number of benzene rings is 1. The van der Waals surface area contributed by atoms with Gasteiger partial charge in [-0.05, 0) is 37.0 Å². The third kappa shape index (κ3) is 7.02. The summed E-state index contributed by atoms with van der Waals surface area (Å²) in [5.41, 5.74) is 1.13. The first kappa shape index (κ1) is 23.1. The van der Waals surface area contributed by atoms with Crippen LogP contribution < -0.4 is 10.6 Å². The third-order valence-electron chi connectivity index (χ3n) is 5.05. The van der Waals surface area contributed by atoms with Crippen LogP contribution in [0.1, 0.15) is 51.0 Å². The van der Waals surface area contributed by atoms with Gasteiger partial charge in [-0.3, -0.25) is 4.99 Å². The molecule has 1 saturated heterocycles. The minimum atomic E-state index is -0.191. The Morgan fingerprint density at radius 2 is 1.81 bits per heavy atom. The quantitative estimate of drug-likeness (QED) is 0.255. The minimum absolute atomic E-state index is 0. The van der Waals surface area contributed by atoms with E-state index >= 15 is 0 Å². The van der Waals surface area contributed by atoms with Gasteiger partial charge in [-0.1, -0.05) is 38.3 Å². The predicted octanol–water partition coefficient (Wildman–Crippen LogP) is 4.24. The molecule has 1 aliphatic heterocycles. The Morgan fingerprint density at radius 3 is 2.42 bits per heavy atom. The van der Waals surface area contributed by atoms with E-state index in [1.165, 1.54) is 24.8 Å². The van der Waals surface area contributed by atoms with Gasteiger partial charge < -0.3 is 15.4 Å². The summed E-state index contributed by atoms with van der Waals surface area (Å²) >= 11 is 0. The van der Waals surface area contributed by atoms with Crippen molar-refractivity contribution < 1.29 is 9.13 Å². The first-order valence-corrected chi connectivity index (χ1v) is 9.48. The van der Waals surface area contributed by atoms with Crippen LogP contribution in [0.5, 0.6) is 0 Å². The summed E-state index contributed by atoms with van der Waals surface area (Å²) in [5, 5.41) is 6.87. The van der Waals surface area contributed by atoms with Crippen LogP contribution in [-0.2, 0) is 10.2 Å². The fourth-order valence-corrected chi connectivity index (χ4v) is 3.37. The Labute approximate surface area is 174 Å². The molecule has 0 radical (unpaired) electrons. The SMILES string of the molecule is CCCCCCNC(=NC)NCC1(c2ccc(F)cc2)CCOCC1.I. The number of aliphatic imine (C=N–C) groups is 1. The first-order valence-electron chi connectivity index (χ1n) is 9.48. The zero-order chi connectivity index (χ0) is 18.0. The van der Waals surface area contributed by atoms with E-state index in [0.717, 1.165) is 51.5 Å². The molecule has 26 heavy (non-hydrogen) atoms. The lowest BCUT2D eigenvalue weighted by Gasteiger charge is -2.38. The van der Waals surface area contributed by atoms with Crippen molar-refractivity contribution in [2.45, 2.75) is 50.9 Å². The summed E-state index contributed by atoms with van der Waals surface area (Å²) in [4.78, 5) is 4.33. The van der Waals surface area contributed by atoms with Crippen molar-refractivity contribution in [3.05, 3.63) is 35.6 Å². The molecule has 6 heteroatoms. The van der Waals surface area contributed by atoms with Gasteiger partial charge in [-0.2, -0.15) is 0 Å². The molecule has 1 fully saturated rings. The van der Waals surface area contributed by atoms with Crippen molar-refractivity contribution in [2.75, 3.05) is 33.4 Å². The molecule has 148 valence electrons. The highest BCUT2D eigenvalue weighted by Gasteiger charge is 2.34. The second kappa shape index (κ2) is 12.5. The summed E-state index contributed by atoms with van der Waals surface area (Å²) in [7, 11) is 1.80. The monoisotopic (exact) mass is 477 g/mol.